The van der Waals surface area contributed by atoms with Gasteiger partial charge in [-0.15, -0.1) is 0 Å². The van der Waals surface area contributed by atoms with Gasteiger partial charge in [0.2, 0.25) is 5.91 Å². The van der Waals surface area contributed by atoms with Crippen molar-refractivity contribution in [1.29, 1.82) is 0 Å². The van der Waals surface area contributed by atoms with E-state index < -0.39 is 12.0 Å². The maximum absolute atomic E-state index is 12.2. The van der Waals surface area contributed by atoms with Crippen LogP contribution in [0, 0.1) is 5.92 Å². The van der Waals surface area contributed by atoms with Gasteiger partial charge >= 0.3 is 5.97 Å². The highest BCUT2D eigenvalue weighted by atomic mass is 16.4. The Morgan fingerprint density at radius 2 is 1.65 bits per heavy atom. The van der Waals surface area contributed by atoms with Gasteiger partial charge in [-0.3, -0.25) is 4.79 Å². The number of carboxylic acid groups (broad SMARTS) is 1. The second-order valence-corrected chi connectivity index (χ2v) is 4.96. The zero-order valence-electron chi connectivity index (χ0n) is 12.1. The summed E-state index contributed by atoms with van der Waals surface area (Å²) in [6, 6.07) is 7.82. The van der Waals surface area contributed by atoms with E-state index in [1.807, 2.05) is 19.9 Å². The van der Waals surface area contributed by atoms with Crippen molar-refractivity contribution in [3.8, 4) is 0 Å². The summed E-state index contributed by atoms with van der Waals surface area (Å²) in [5.41, 5.74) is 0.597. The summed E-state index contributed by atoms with van der Waals surface area (Å²) in [7, 11) is 0. The van der Waals surface area contributed by atoms with Crippen molar-refractivity contribution >= 4 is 11.9 Å². The van der Waals surface area contributed by atoms with Crippen molar-refractivity contribution in [3.05, 3.63) is 35.9 Å². The first kappa shape index (κ1) is 16.2. The van der Waals surface area contributed by atoms with Crippen LogP contribution < -0.4 is 5.32 Å². The van der Waals surface area contributed by atoms with Gasteiger partial charge in [0.05, 0.1) is 0 Å². The van der Waals surface area contributed by atoms with E-state index in [4.69, 9.17) is 0 Å². The lowest BCUT2D eigenvalue weighted by molar-refractivity contribution is -0.142. The van der Waals surface area contributed by atoms with Gasteiger partial charge in [0.15, 0.2) is 6.04 Å². The monoisotopic (exact) mass is 277 g/mol. The average Bonchev–Trinajstić information content (AvgIpc) is 2.45. The molecule has 1 amide bonds. The van der Waals surface area contributed by atoms with Crippen LogP contribution in [0.25, 0.3) is 0 Å². The second-order valence-electron chi connectivity index (χ2n) is 4.96. The molecule has 20 heavy (non-hydrogen) atoms. The molecule has 0 fully saturated rings. The van der Waals surface area contributed by atoms with Crippen molar-refractivity contribution < 1.29 is 14.7 Å². The number of rotatable bonds is 8. The molecule has 0 bridgehead atoms. The molecule has 0 saturated carbocycles. The zero-order chi connectivity index (χ0) is 15.0. The van der Waals surface area contributed by atoms with E-state index in [2.05, 4.69) is 5.32 Å². The zero-order valence-corrected chi connectivity index (χ0v) is 12.1. The van der Waals surface area contributed by atoms with Gasteiger partial charge < -0.3 is 10.4 Å². The molecule has 1 aromatic carbocycles. The molecule has 4 nitrogen and oxygen atoms in total. The lowest BCUT2D eigenvalue weighted by atomic mass is 9.96. The molecular weight excluding hydrogens is 254 g/mol. The summed E-state index contributed by atoms with van der Waals surface area (Å²) in [5.74, 6) is -1.29. The van der Waals surface area contributed by atoms with E-state index in [1.165, 1.54) is 0 Å². The predicted octanol–water partition coefficient (Wildman–Crippen LogP) is 3.14. The molecule has 4 heteroatoms. The SMILES string of the molecule is CCCC(CCC)C(=O)NC(C(=O)O)c1ccccc1. The van der Waals surface area contributed by atoms with Gasteiger partial charge in [-0.1, -0.05) is 57.0 Å². The molecule has 0 heterocycles. The van der Waals surface area contributed by atoms with Gasteiger partial charge in [-0.2, -0.15) is 0 Å². The Balaban J connectivity index is 2.80. The number of carboxylic acids is 1. The Kier molecular flexibility index (Phi) is 6.77. The van der Waals surface area contributed by atoms with Crippen LogP contribution in [-0.4, -0.2) is 17.0 Å². The van der Waals surface area contributed by atoms with Gasteiger partial charge in [0.25, 0.3) is 0 Å². The van der Waals surface area contributed by atoms with Crippen LogP contribution in [0.1, 0.15) is 51.1 Å². The molecular formula is C16H23NO3. The van der Waals surface area contributed by atoms with E-state index in [9.17, 15) is 14.7 Å². The van der Waals surface area contributed by atoms with Crippen molar-refractivity contribution in [2.45, 2.75) is 45.6 Å². The minimum absolute atomic E-state index is 0.101. The summed E-state index contributed by atoms with van der Waals surface area (Å²) < 4.78 is 0. The van der Waals surface area contributed by atoms with Gasteiger partial charge in [0, 0.05) is 5.92 Å². The maximum atomic E-state index is 12.2. The fourth-order valence-electron chi connectivity index (χ4n) is 2.30. The third kappa shape index (κ3) is 4.68. The largest absolute Gasteiger partial charge is 0.479 e. The van der Waals surface area contributed by atoms with Crippen LogP contribution in [0.4, 0.5) is 0 Å². The number of hydrogen-bond acceptors (Lipinski definition) is 2. The third-order valence-corrected chi connectivity index (χ3v) is 3.31. The van der Waals surface area contributed by atoms with Crippen molar-refractivity contribution in [2.24, 2.45) is 5.92 Å². The molecule has 0 aliphatic rings. The van der Waals surface area contributed by atoms with E-state index >= 15 is 0 Å². The molecule has 0 aliphatic carbocycles. The van der Waals surface area contributed by atoms with Crippen LogP contribution in [0.3, 0.4) is 0 Å². The molecule has 1 aromatic rings. The highest BCUT2D eigenvalue weighted by Gasteiger charge is 2.25. The Morgan fingerprint density at radius 3 is 2.10 bits per heavy atom. The summed E-state index contributed by atoms with van der Waals surface area (Å²) in [6.07, 6.45) is 3.42. The number of nitrogens with one attached hydrogen (secondary N) is 1. The highest BCUT2D eigenvalue weighted by molar-refractivity contribution is 5.85. The standard InChI is InChI=1S/C16H23NO3/c1-3-8-13(9-4-2)15(18)17-14(16(19)20)12-10-6-5-7-11-12/h5-7,10-11,13-14H,3-4,8-9H2,1-2H3,(H,17,18)(H,19,20). The molecule has 0 aromatic heterocycles. The molecule has 1 atom stereocenters. The number of hydrogen-bond donors (Lipinski definition) is 2. The first-order valence-corrected chi connectivity index (χ1v) is 7.18. The maximum Gasteiger partial charge on any atom is 0.330 e. The van der Waals surface area contributed by atoms with Crippen LogP contribution in [0.2, 0.25) is 0 Å². The molecule has 0 aliphatic heterocycles. The lowest BCUT2D eigenvalue weighted by Crippen LogP contribution is -2.37. The molecule has 0 saturated heterocycles. The van der Waals surface area contributed by atoms with Gasteiger partial charge in [-0.25, -0.2) is 4.79 Å². The smallest absolute Gasteiger partial charge is 0.330 e. The number of aliphatic carboxylic acids is 1. The summed E-state index contributed by atoms with van der Waals surface area (Å²) in [5, 5.41) is 12.0. The third-order valence-electron chi connectivity index (χ3n) is 3.31. The van der Waals surface area contributed by atoms with E-state index in [0.29, 0.717) is 5.56 Å². The average molecular weight is 277 g/mol. The predicted molar refractivity (Wildman–Crippen MR) is 78.3 cm³/mol. The number of amides is 1. The topological polar surface area (TPSA) is 66.4 Å². The quantitative estimate of drug-likeness (QED) is 0.767. The molecule has 0 radical (unpaired) electrons. The van der Waals surface area contributed by atoms with Crippen LogP contribution in [-0.2, 0) is 9.59 Å². The Labute approximate surface area is 120 Å². The summed E-state index contributed by atoms with van der Waals surface area (Å²) in [4.78, 5) is 23.6. The van der Waals surface area contributed by atoms with Crippen LogP contribution >= 0.6 is 0 Å². The normalized spacial score (nSPS) is 12.2. The van der Waals surface area contributed by atoms with Crippen molar-refractivity contribution in [1.82, 2.24) is 5.32 Å². The van der Waals surface area contributed by atoms with Crippen molar-refractivity contribution in [2.75, 3.05) is 0 Å². The van der Waals surface area contributed by atoms with Gasteiger partial charge in [-0.05, 0) is 18.4 Å². The fraction of sp³-hybridized carbons (Fsp3) is 0.500. The Morgan fingerprint density at radius 1 is 1.10 bits per heavy atom. The van der Waals surface area contributed by atoms with Crippen molar-refractivity contribution in [3.63, 3.8) is 0 Å². The van der Waals surface area contributed by atoms with E-state index in [-0.39, 0.29) is 11.8 Å². The second kappa shape index (κ2) is 8.35. The summed E-state index contributed by atoms with van der Waals surface area (Å²) >= 11 is 0. The highest BCUT2D eigenvalue weighted by Crippen LogP contribution is 2.18. The summed E-state index contributed by atoms with van der Waals surface area (Å²) in [6.45, 7) is 4.06. The number of benzene rings is 1. The molecule has 0 spiro atoms. The Bertz CT molecular complexity index is 425. The molecule has 2 N–H and O–H groups in total. The first-order chi connectivity index (χ1) is 9.60. The molecule has 1 unspecified atom stereocenters. The minimum atomic E-state index is -1.03. The molecule has 110 valence electrons. The van der Waals surface area contributed by atoms with Crippen LogP contribution in [0.15, 0.2) is 30.3 Å². The van der Waals surface area contributed by atoms with E-state index in [1.54, 1.807) is 24.3 Å². The minimum Gasteiger partial charge on any atom is -0.479 e. The van der Waals surface area contributed by atoms with Crippen LogP contribution in [0.5, 0.6) is 0 Å². The lowest BCUT2D eigenvalue weighted by Gasteiger charge is -2.20. The Hall–Kier alpha value is -1.84. The number of carbonyl (C=O) groups is 2. The fourth-order valence-corrected chi connectivity index (χ4v) is 2.30. The number of carbonyl (C=O) groups excluding carboxylic acids is 1. The van der Waals surface area contributed by atoms with E-state index in [0.717, 1.165) is 25.7 Å². The van der Waals surface area contributed by atoms with Gasteiger partial charge in [0.1, 0.15) is 0 Å². The first-order valence-electron chi connectivity index (χ1n) is 7.18. The molecule has 1 rings (SSSR count).